The first kappa shape index (κ1) is 23.3. The number of nitriles is 1. The van der Waals surface area contributed by atoms with Gasteiger partial charge in [-0.2, -0.15) is 5.26 Å². The predicted molar refractivity (Wildman–Crippen MR) is 127 cm³/mol. The van der Waals surface area contributed by atoms with Crippen LogP contribution in [0.15, 0.2) is 54.6 Å². The minimum atomic E-state index is -0.756. The predicted octanol–water partition coefficient (Wildman–Crippen LogP) is 6.41. The van der Waals surface area contributed by atoms with E-state index in [0.29, 0.717) is 16.5 Å². The molecule has 4 rings (SSSR count). The summed E-state index contributed by atoms with van der Waals surface area (Å²) in [6, 6.07) is 15.8. The fourth-order valence-electron chi connectivity index (χ4n) is 3.35. The maximum atomic E-state index is 15.1. The summed E-state index contributed by atoms with van der Waals surface area (Å²) < 4.78 is 20.7. The van der Waals surface area contributed by atoms with Gasteiger partial charge in [-0.05, 0) is 55.5 Å². The lowest BCUT2D eigenvalue weighted by atomic mass is 10.1. The molecular formula is C25H16Cl2FN3O3. The van der Waals surface area contributed by atoms with Gasteiger partial charge >= 0.3 is 0 Å². The second-order valence-electron chi connectivity index (χ2n) is 7.46. The number of ether oxygens (including phenoxy) is 1. The number of halogens is 3. The first-order valence-corrected chi connectivity index (χ1v) is 10.8. The molecule has 0 bridgehead atoms. The van der Waals surface area contributed by atoms with Gasteiger partial charge in [-0.3, -0.25) is 9.59 Å². The van der Waals surface area contributed by atoms with Gasteiger partial charge in [-0.15, -0.1) is 0 Å². The van der Waals surface area contributed by atoms with Gasteiger partial charge in [0.05, 0.1) is 16.7 Å². The third-order valence-corrected chi connectivity index (χ3v) is 5.58. The molecule has 1 aromatic heterocycles. The highest BCUT2D eigenvalue weighted by molar-refractivity contribution is 6.32. The van der Waals surface area contributed by atoms with Crippen LogP contribution in [0, 0.1) is 17.1 Å². The van der Waals surface area contributed by atoms with Crippen molar-refractivity contribution in [1.82, 2.24) is 10.3 Å². The number of ketones is 1. The van der Waals surface area contributed by atoms with Crippen LogP contribution in [-0.2, 0) is 6.54 Å². The molecule has 0 fully saturated rings. The topological polar surface area (TPSA) is 95.0 Å². The quantitative estimate of drug-likeness (QED) is 0.302. The number of hydrogen-bond acceptors (Lipinski definition) is 4. The number of aromatic amines is 1. The minimum absolute atomic E-state index is 0.0166. The van der Waals surface area contributed by atoms with E-state index in [1.165, 1.54) is 37.3 Å². The van der Waals surface area contributed by atoms with Crippen molar-refractivity contribution in [3.8, 4) is 17.6 Å². The molecule has 0 radical (unpaired) electrons. The maximum Gasteiger partial charge on any atom is 0.267 e. The monoisotopic (exact) mass is 495 g/mol. The van der Waals surface area contributed by atoms with Crippen LogP contribution in [0.3, 0.4) is 0 Å². The van der Waals surface area contributed by atoms with Crippen molar-refractivity contribution >= 4 is 45.8 Å². The van der Waals surface area contributed by atoms with Gasteiger partial charge in [0, 0.05) is 33.6 Å². The summed E-state index contributed by atoms with van der Waals surface area (Å²) in [4.78, 5) is 27.2. The highest BCUT2D eigenvalue weighted by atomic mass is 35.5. The average Bonchev–Trinajstić information content (AvgIpc) is 3.24. The number of amides is 1. The van der Waals surface area contributed by atoms with Crippen LogP contribution in [0.1, 0.15) is 38.9 Å². The molecule has 0 saturated heterocycles. The molecule has 0 aliphatic rings. The standard InChI is InChI=1S/C25H16Cl2FN3O3/c1-13(32)15-3-5-21-17(8-15)9-22(31-21)25(33)30-12-16-2-4-20(27)24(23(16)28)34-19-7-14(11-29)6-18(26)10-19/h2-10,31H,12H2,1H3,(H,30,33). The minimum Gasteiger partial charge on any atom is -0.453 e. The number of carbonyl (C=O) groups excluding carboxylic acids is 2. The molecule has 9 heteroatoms. The van der Waals surface area contributed by atoms with Gasteiger partial charge in [-0.25, -0.2) is 4.39 Å². The van der Waals surface area contributed by atoms with Crippen molar-refractivity contribution in [2.75, 3.05) is 0 Å². The normalized spacial score (nSPS) is 10.7. The van der Waals surface area contributed by atoms with Crippen molar-refractivity contribution in [3.63, 3.8) is 0 Å². The van der Waals surface area contributed by atoms with E-state index in [1.807, 2.05) is 6.07 Å². The molecule has 0 unspecified atom stereocenters. The van der Waals surface area contributed by atoms with Crippen molar-refractivity contribution < 1.29 is 18.7 Å². The smallest absolute Gasteiger partial charge is 0.267 e. The first-order valence-electron chi connectivity index (χ1n) is 10.0. The summed E-state index contributed by atoms with van der Waals surface area (Å²) in [7, 11) is 0. The number of aromatic nitrogens is 1. The van der Waals surface area contributed by atoms with Crippen LogP contribution in [0.4, 0.5) is 4.39 Å². The maximum absolute atomic E-state index is 15.1. The van der Waals surface area contributed by atoms with Gasteiger partial charge in [0.1, 0.15) is 11.4 Å². The van der Waals surface area contributed by atoms with E-state index in [1.54, 1.807) is 24.3 Å². The summed E-state index contributed by atoms with van der Waals surface area (Å²) in [6.45, 7) is 1.33. The number of Topliss-reactive ketones (excluding diaryl/α,β-unsaturated/α-hetero) is 1. The lowest BCUT2D eigenvalue weighted by Crippen LogP contribution is -2.23. The molecular weight excluding hydrogens is 480 g/mol. The Kier molecular flexibility index (Phi) is 6.55. The second kappa shape index (κ2) is 9.56. The number of nitrogens with zero attached hydrogens (tertiary/aromatic N) is 1. The first-order chi connectivity index (χ1) is 16.2. The van der Waals surface area contributed by atoms with E-state index in [0.717, 1.165) is 0 Å². The lowest BCUT2D eigenvalue weighted by Gasteiger charge is -2.13. The summed E-state index contributed by atoms with van der Waals surface area (Å²) in [6.07, 6.45) is 0. The number of H-pyrrole nitrogens is 1. The molecule has 0 spiro atoms. The Bertz CT molecular complexity index is 1490. The van der Waals surface area contributed by atoms with Gasteiger partial charge in [-0.1, -0.05) is 29.3 Å². The fraction of sp³-hybridized carbons (Fsp3) is 0.0800. The summed E-state index contributed by atoms with van der Waals surface area (Å²) in [5.41, 5.74) is 1.89. The molecule has 1 amide bonds. The molecule has 1 heterocycles. The number of rotatable bonds is 6. The van der Waals surface area contributed by atoms with E-state index in [9.17, 15) is 9.59 Å². The zero-order valence-corrected chi connectivity index (χ0v) is 19.2. The molecule has 2 N–H and O–H groups in total. The Balaban J connectivity index is 1.53. The highest BCUT2D eigenvalue weighted by Crippen LogP contribution is 2.35. The Morgan fingerprint density at radius 3 is 2.65 bits per heavy atom. The van der Waals surface area contributed by atoms with Crippen LogP contribution in [-0.4, -0.2) is 16.7 Å². The van der Waals surface area contributed by atoms with E-state index in [-0.39, 0.29) is 50.7 Å². The zero-order valence-electron chi connectivity index (χ0n) is 17.7. The van der Waals surface area contributed by atoms with Crippen molar-refractivity contribution in [3.05, 3.63) is 92.8 Å². The van der Waals surface area contributed by atoms with Crippen LogP contribution in [0.25, 0.3) is 10.9 Å². The largest absolute Gasteiger partial charge is 0.453 e. The number of benzene rings is 3. The van der Waals surface area contributed by atoms with E-state index < -0.39 is 11.7 Å². The van der Waals surface area contributed by atoms with Crippen LogP contribution in [0.5, 0.6) is 11.5 Å². The SMILES string of the molecule is CC(=O)c1ccc2[nH]c(C(=O)NCc3ccc(Cl)c(Oc4cc(Cl)cc(C#N)c4)c3F)cc2c1. The molecule has 0 atom stereocenters. The van der Waals surface area contributed by atoms with Gasteiger partial charge in [0.2, 0.25) is 0 Å². The van der Waals surface area contributed by atoms with Crippen LogP contribution >= 0.6 is 23.2 Å². The lowest BCUT2D eigenvalue weighted by molar-refractivity contribution is 0.0945. The van der Waals surface area contributed by atoms with Gasteiger partial charge in [0.25, 0.3) is 5.91 Å². The number of fused-ring (bicyclic) bond motifs is 1. The molecule has 4 aromatic rings. The number of nitrogens with one attached hydrogen (secondary N) is 2. The second-order valence-corrected chi connectivity index (χ2v) is 8.31. The van der Waals surface area contributed by atoms with E-state index in [2.05, 4.69) is 10.3 Å². The molecule has 3 aromatic carbocycles. The van der Waals surface area contributed by atoms with E-state index >= 15 is 4.39 Å². The number of hydrogen-bond donors (Lipinski definition) is 2. The Labute approximate surface area is 203 Å². The highest BCUT2D eigenvalue weighted by Gasteiger charge is 2.17. The van der Waals surface area contributed by atoms with Crippen LogP contribution < -0.4 is 10.1 Å². The van der Waals surface area contributed by atoms with Gasteiger partial charge in [0.15, 0.2) is 17.3 Å². The molecule has 0 aliphatic carbocycles. The molecule has 170 valence electrons. The Morgan fingerprint density at radius 2 is 1.91 bits per heavy atom. The summed E-state index contributed by atoms with van der Waals surface area (Å²) >= 11 is 12.1. The zero-order chi connectivity index (χ0) is 24.4. The summed E-state index contributed by atoms with van der Waals surface area (Å²) in [5, 5.41) is 12.7. The Morgan fingerprint density at radius 1 is 1.12 bits per heavy atom. The third kappa shape index (κ3) is 4.88. The van der Waals surface area contributed by atoms with Crippen molar-refractivity contribution in [1.29, 1.82) is 5.26 Å². The van der Waals surface area contributed by atoms with Crippen molar-refractivity contribution in [2.24, 2.45) is 0 Å². The molecule has 0 saturated carbocycles. The van der Waals surface area contributed by atoms with Crippen molar-refractivity contribution in [2.45, 2.75) is 13.5 Å². The van der Waals surface area contributed by atoms with Gasteiger partial charge < -0.3 is 15.0 Å². The molecule has 0 aliphatic heterocycles. The van der Waals surface area contributed by atoms with Crippen LogP contribution in [0.2, 0.25) is 10.0 Å². The summed E-state index contributed by atoms with van der Waals surface area (Å²) in [5.74, 6) is -1.39. The van der Waals surface area contributed by atoms with E-state index in [4.69, 9.17) is 33.2 Å². The molecule has 34 heavy (non-hydrogen) atoms. The molecule has 6 nitrogen and oxygen atoms in total. The Hall–Kier alpha value is -3.86. The third-order valence-electron chi connectivity index (χ3n) is 5.06. The number of carbonyl (C=O) groups is 2. The average molecular weight is 496 g/mol. The fourth-order valence-corrected chi connectivity index (χ4v) is 3.76.